The van der Waals surface area contributed by atoms with Crippen molar-refractivity contribution in [2.24, 2.45) is 0 Å². The van der Waals surface area contributed by atoms with E-state index in [2.05, 4.69) is 0 Å². The average Bonchev–Trinajstić information content (AvgIpc) is 2.71. The maximum absolute atomic E-state index is 12.8. The summed E-state index contributed by atoms with van der Waals surface area (Å²) in [7, 11) is 0. The van der Waals surface area contributed by atoms with Gasteiger partial charge in [0, 0.05) is 23.6 Å². The van der Waals surface area contributed by atoms with E-state index in [4.69, 9.17) is 5.11 Å². The molecule has 3 aromatic carbocycles. The molecule has 1 aliphatic heterocycles. The summed E-state index contributed by atoms with van der Waals surface area (Å²) >= 11 is 0. The zero-order valence-electron chi connectivity index (χ0n) is 15.2. The van der Waals surface area contributed by atoms with Crippen LogP contribution in [0.15, 0.2) is 48.5 Å². The van der Waals surface area contributed by atoms with E-state index in [1.54, 1.807) is 25.1 Å². The van der Waals surface area contributed by atoms with Gasteiger partial charge in [-0.2, -0.15) is 0 Å². The van der Waals surface area contributed by atoms with E-state index in [1.807, 2.05) is 0 Å². The molecule has 144 valence electrons. The van der Waals surface area contributed by atoms with E-state index in [-0.39, 0.29) is 28.9 Å². The number of nitro groups is 1. The Morgan fingerprint density at radius 2 is 1.72 bits per heavy atom. The quantitative estimate of drug-likeness (QED) is 0.412. The molecule has 0 spiro atoms. The summed E-state index contributed by atoms with van der Waals surface area (Å²) in [4.78, 5) is 49.0. The first-order chi connectivity index (χ1) is 13.8. The summed E-state index contributed by atoms with van der Waals surface area (Å²) in [5.74, 6) is -2.13. The molecule has 0 aliphatic carbocycles. The number of hydrogen-bond donors (Lipinski definition) is 1. The topological polar surface area (TPSA) is 118 Å². The molecule has 1 aliphatic rings. The lowest BCUT2D eigenvalue weighted by molar-refractivity contribution is -0.384. The molecule has 4 rings (SSSR count). The van der Waals surface area contributed by atoms with E-state index < -0.39 is 22.7 Å². The lowest BCUT2D eigenvalue weighted by Gasteiger charge is -2.26. The molecule has 1 N–H and O–H groups in total. The summed E-state index contributed by atoms with van der Waals surface area (Å²) in [6.07, 6.45) is 0. The predicted octanol–water partition coefficient (Wildman–Crippen LogP) is 3.73. The number of carboxylic acid groups (broad SMARTS) is 1. The van der Waals surface area contributed by atoms with Crippen molar-refractivity contribution in [3.63, 3.8) is 0 Å². The molecular formula is C21H14N2O6. The van der Waals surface area contributed by atoms with Crippen LogP contribution in [0.5, 0.6) is 0 Å². The number of benzene rings is 3. The Morgan fingerprint density at radius 3 is 2.31 bits per heavy atom. The van der Waals surface area contributed by atoms with Crippen molar-refractivity contribution < 1.29 is 24.4 Å². The van der Waals surface area contributed by atoms with Crippen molar-refractivity contribution in [2.45, 2.75) is 6.92 Å². The number of nitrogens with zero attached hydrogens (tertiary/aromatic N) is 2. The summed E-state index contributed by atoms with van der Waals surface area (Å²) in [6.45, 7) is 1.81. The Kier molecular flexibility index (Phi) is 4.11. The normalized spacial score (nSPS) is 13.1. The van der Waals surface area contributed by atoms with Crippen LogP contribution in [0.25, 0.3) is 21.9 Å². The van der Waals surface area contributed by atoms with E-state index in [0.717, 1.165) is 4.90 Å². The Labute approximate surface area is 164 Å². The van der Waals surface area contributed by atoms with Gasteiger partial charge in [-0.25, -0.2) is 4.79 Å². The number of carbonyl (C=O) groups excluding carboxylic acids is 2. The molecule has 0 bridgehead atoms. The van der Waals surface area contributed by atoms with Gasteiger partial charge in [0.1, 0.15) is 0 Å². The number of hydrogen-bond acceptors (Lipinski definition) is 5. The number of amides is 2. The predicted molar refractivity (Wildman–Crippen MR) is 104 cm³/mol. The second-order valence-electron chi connectivity index (χ2n) is 6.54. The SMILES string of the molecule is CCN1C(=O)c2cccc3c(-c4ccc(C(=O)O)cc4)c([N+](=O)[O-])cc(c23)C1=O. The third-order valence-electron chi connectivity index (χ3n) is 5.02. The van der Waals surface area contributed by atoms with Gasteiger partial charge in [-0.1, -0.05) is 24.3 Å². The fourth-order valence-corrected chi connectivity index (χ4v) is 3.71. The highest BCUT2D eigenvalue weighted by molar-refractivity contribution is 6.27. The van der Waals surface area contributed by atoms with E-state index >= 15 is 0 Å². The van der Waals surface area contributed by atoms with E-state index in [1.165, 1.54) is 30.3 Å². The second kappa shape index (κ2) is 6.52. The maximum Gasteiger partial charge on any atom is 0.335 e. The number of carbonyl (C=O) groups is 3. The minimum Gasteiger partial charge on any atom is -0.478 e. The first-order valence-electron chi connectivity index (χ1n) is 8.79. The molecular weight excluding hydrogens is 376 g/mol. The Bertz CT molecular complexity index is 1230. The minimum absolute atomic E-state index is 0.0445. The number of carboxylic acids is 1. The highest BCUT2D eigenvalue weighted by atomic mass is 16.6. The summed E-state index contributed by atoms with van der Waals surface area (Å²) < 4.78 is 0. The first-order valence-corrected chi connectivity index (χ1v) is 8.79. The molecule has 29 heavy (non-hydrogen) atoms. The fourth-order valence-electron chi connectivity index (χ4n) is 3.71. The highest BCUT2D eigenvalue weighted by Gasteiger charge is 2.35. The lowest BCUT2D eigenvalue weighted by atomic mass is 9.87. The average molecular weight is 390 g/mol. The zero-order chi connectivity index (χ0) is 20.9. The van der Waals surface area contributed by atoms with Crippen molar-refractivity contribution >= 4 is 34.2 Å². The zero-order valence-corrected chi connectivity index (χ0v) is 15.2. The van der Waals surface area contributed by atoms with Gasteiger partial charge in [0.05, 0.1) is 21.6 Å². The third-order valence-corrected chi connectivity index (χ3v) is 5.02. The summed E-state index contributed by atoms with van der Waals surface area (Å²) in [6, 6.07) is 11.7. The summed E-state index contributed by atoms with van der Waals surface area (Å²) in [5.41, 5.74) is 0.822. The van der Waals surface area contributed by atoms with Crippen LogP contribution in [0, 0.1) is 10.1 Å². The molecule has 0 saturated carbocycles. The Balaban J connectivity index is 2.10. The molecule has 0 unspecified atom stereocenters. The van der Waals surface area contributed by atoms with Crippen LogP contribution in [-0.4, -0.2) is 39.3 Å². The molecule has 0 atom stereocenters. The number of aromatic carboxylic acids is 1. The molecule has 0 radical (unpaired) electrons. The molecule has 1 heterocycles. The van der Waals surface area contributed by atoms with Crippen LogP contribution < -0.4 is 0 Å². The lowest BCUT2D eigenvalue weighted by Crippen LogP contribution is -2.40. The van der Waals surface area contributed by atoms with Gasteiger partial charge in [0.15, 0.2) is 0 Å². The van der Waals surface area contributed by atoms with Crippen LogP contribution in [0.3, 0.4) is 0 Å². The molecule has 0 saturated heterocycles. The first kappa shape index (κ1) is 18.3. The number of rotatable bonds is 4. The van der Waals surface area contributed by atoms with Crippen molar-refractivity contribution in [1.82, 2.24) is 4.90 Å². The van der Waals surface area contributed by atoms with Crippen LogP contribution in [0.2, 0.25) is 0 Å². The minimum atomic E-state index is -1.11. The van der Waals surface area contributed by atoms with Gasteiger partial charge < -0.3 is 5.11 Å². The highest BCUT2D eigenvalue weighted by Crippen LogP contribution is 2.42. The Morgan fingerprint density at radius 1 is 1.07 bits per heavy atom. The van der Waals surface area contributed by atoms with Crippen molar-refractivity contribution in [2.75, 3.05) is 6.54 Å². The number of imide groups is 1. The molecule has 3 aromatic rings. The molecule has 8 heteroatoms. The molecule has 0 fully saturated rings. The van der Waals surface area contributed by atoms with Crippen LogP contribution in [0.1, 0.15) is 38.0 Å². The van der Waals surface area contributed by atoms with Gasteiger partial charge >= 0.3 is 5.97 Å². The van der Waals surface area contributed by atoms with Gasteiger partial charge in [-0.15, -0.1) is 0 Å². The molecule has 8 nitrogen and oxygen atoms in total. The van der Waals surface area contributed by atoms with Crippen LogP contribution in [0.4, 0.5) is 5.69 Å². The van der Waals surface area contributed by atoms with Crippen LogP contribution in [-0.2, 0) is 0 Å². The third kappa shape index (κ3) is 2.65. The van der Waals surface area contributed by atoms with Crippen molar-refractivity contribution in [1.29, 1.82) is 0 Å². The van der Waals surface area contributed by atoms with Crippen molar-refractivity contribution in [3.05, 3.63) is 75.3 Å². The molecule has 2 amide bonds. The fraction of sp³-hybridized carbons (Fsp3) is 0.0952. The maximum atomic E-state index is 12.8. The summed E-state index contributed by atoms with van der Waals surface area (Å²) in [5, 5.41) is 21.7. The van der Waals surface area contributed by atoms with Gasteiger partial charge in [0.2, 0.25) is 0 Å². The van der Waals surface area contributed by atoms with Gasteiger partial charge in [-0.3, -0.25) is 24.6 Å². The monoisotopic (exact) mass is 390 g/mol. The second-order valence-corrected chi connectivity index (χ2v) is 6.54. The Hall–Kier alpha value is -4.07. The number of nitro benzene ring substituents is 1. The van der Waals surface area contributed by atoms with Gasteiger partial charge in [-0.05, 0) is 36.1 Å². The van der Waals surface area contributed by atoms with E-state index in [0.29, 0.717) is 21.9 Å². The van der Waals surface area contributed by atoms with Crippen LogP contribution >= 0.6 is 0 Å². The van der Waals surface area contributed by atoms with Crippen molar-refractivity contribution in [3.8, 4) is 11.1 Å². The van der Waals surface area contributed by atoms with E-state index in [9.17, 15) is 24.5 Å². The smallest absolute Gasteiger partial charge is 0.335 e. The largest absolute Gasteiger partial charge is 0.478 e. The molecule has 0 aromatic heterocycles. The van der Waals surface area contributed by atoms with Gasteiger partial charge in [0.25, 0.3) is 17.5 Å². The standard InChI is InChI=1S/C21H14N2O6/c1-2-22-19(24)14-5-3-4-13-17(11-6-8-12(9-7-11)21(26)27)16(23(28)29)10-15(18(13)14)20(22)25/h3-10H,2H2,1H3,(H,26,27).